The van der Waals surface area contributed by atoms with Gasteiger partial charge in [-0.05, 0) is 49.9 Å². The second-order valence-electron chi connectivity index (χ2n) is 9.13. The molecule has 0 spiro atoms. The minimum atomic E-state index is -2.83. The number of nitrogens with zero attached hydrogens (tertiary/aromatic N) is 2. The van der Waals surface area contributed by atoms with Crippen molar-refractivity contribution in [3.8, 4) is 11.1 Å². The fourth-order valence-corrected chi connectivity index (χ4v) is 4.63. The van der Waals surface area contributed by atoms with E-state index in [4.69, 9.17) is 16.1 Å². The average Bonchev–Trinajstić information content (AvgIpc) is 3.26. The van der Waals surface area contributed by atoms with Gasteiger partial charge in [-0.2, -0.15) is 4.73 Å². The average molecular weight is 537 g/mol. The molecule has 37 heavy (non-hydrogen) atoms. The van der Waals surface area contributed by atoms with Crippen molar-refractivity contribution in [3.05, 3.63) is 69.7 Å². The fourth-order valence-electron chi connectivity index (χ4n) is 4.43. The van der Waals surface area contributed by atoms with E-state index < -0.39 is 48.4 Å². The molecule has 0 unspecified atom stereocenters. The Hall–Kier alpha value is -3.60. The maximum Gasteiger partial charge on any atom is 0.257 e. The van der Waals surface area contributed by atoms with E-state index in [0.29, 0.717) is 10.4 Å². The summed E-state index contributed by atoms with van der Waals surface area (Å²) in [5, 5.41) is 20.9. The number of aromatic nitrogens is 2. The number of nitrogens with one attached hydrogen (secondary N) is 2. The van der Waals surface area contributed by atoms with Crippen molar-refractivity contribution < 1.29 is 32.0 Å². The highest BCUT2D eigenvalue weighted by molar-refractivity contribution is 6.30. The maximum absolute atomic E-state index is 15.0. The van der Waals surface area contributed by atoms with Gasteiger partial charge in [0.05, 0.1) is 11.3 Å². The van der Waals surface area contributed by atoms with Crippen molar-refractivity contribution >= 4 is 29.1 Å². The molecule has 1 atom stereocenters. The van der Waals surface area contributed by atoms with E-state index in [0.717, 1.165) is 18.5 Å². The molecule has 0 aliphatic heterocycles. The minimum Gasteiger partial charge on any atom is -0.618 e. The van der Waals surface area contributed by atoms with E-state index >= 15 is 4.39 Å². The number of halogens is 4. The highest BCUT2D eigenvalue weighted by atomic mass is 35.5. The molecule has 2 amide bonds. The van der Waals surface area contributed by atoms with Crippen LogP contribution < -0.4 is 15.4 Å². The van der Waals surface area contributed by atoms with Crippen LogP contribution in [0.2, 0.25) is 5.02 Å². The van der Waals surface area contributed by atoms with Gasteiger partial charge in [-0.1, -0.05) is 16.8 Å². The van der Waals surface area contributed by atoms with Gasteiger partial charge in [-0.3, -0.25) is 9.59 Å². The highest BCUT2D eigenvalue weighted by Gasteiger charge is 2.40. The zero-order valence-corrected chi connectivity index (χ0v) is 20.7. The van der Waals surface area contributed by atoms with E-state index in [1.807, 2.05) is 0 Å². The third-order valence-electron chi connectivity index (χ3n) is 6.57. The Morgan fingerprint density at radius 3 is 2.54 bits per heavy atom. The van der Waals surface area contributed by atoms with Crippen LogP contribution in [0.1, 0.15) is 47.4 Å². The van der Waals surface area contributed by atoms with Crippen LogP contribution >= 0.6 is 11.6 Å². The molecular weight excluding hydrogens is 513 g/mol. The number of carbonyl (C=O) groups excluding carboxylic acids is 2. The molecule has 2 N–H and O–H groups in total. The normalized spacial score (nSPS) is 16.3. The molecule has 2 aromatic heterocycles. The van der Waals surface area contributed by atoms with Gasteiger partial charge < -0.3 is 20.4 Å². The number of alkyl halides is 2. The maximum atomic E-state index is 15.0. The van der Waals surface area contributed by atoms with Gasteiger partial charge in [0, 0.05) is 31.0 Å². The van der Waals surface area contributed by atoms with Gasteiger partial charge in [-0.15, -0.1) is 0 Å². The van der Waals surface area contributed by atoms with E-state index in [2.05, 4.69) is 15.8 Å². The first-order chi connectivity index (χ1) is 17.4. The Labute approximate surface area is 215 Å². The second-order valence-corrected chi connectivity index (χ2v) is 9.56. The summed E-state index contributed by atoms with van der Waals surface area (Å²) in [7, 11) is 0. The highest BCUT2D eigenvalue weighted by Crippen LogP contribution is 2.38. The standard InChI is InChI=1S/C25H24ClF3N4O4/c1-13-20(12-37-32-13)23(34)31-22(15-5-7-25(28,29)8-6-15)24(35)30-17-3-4-18(21(27)10-17)19-9-16(26)11-33(36)14(19)2/h3-4,9-12,15,22H,5-8H2,1-2H3,(H,30,35)(H,31,34)/t22-/m0/s1. The largest absolute Gasteiger partial charge is 0.618 e. The van der Waals surface area contributed by atoms with Crippen molar-refractivity contribution in [1.29, 1.82) is 0 Å². The Morgan fingerprint density at radius 1 is 1.22 bits per heavy atom. The molecule has 1 saturated carbocycles. The summed E-state index contributed by atoms with van der Waals surface area (Å²) in [5.41, 5.74) is 1.13. The van der Waals surface area contributed by atoms with Crippen LogP contribution in [0.15, 0.2) is 41.2 Å². The molecule has 1 aliphatic rings. The molecule has 0 bridgehead atoms. The Bertz CT molecular complexity index is 1340. The number of aryl methyl sites for hydroxylation is 1. The predicted molar refractivity (Wildman–Crippen MR) is 129 cm³/mol. The molecular formula is C25H24ClF3N4O4. The lowest BCUT2D eigenvalue weighted by Crippen LogP contribution is -2.50. The van der Waals surface area contributed by atoms with Crippen LogP contribution in [0.25, 0.3) is 11.1 Å². The van der Waals surface area contributed by atoms with Crippen LogP contribution in [0, 0.1) is 30.8 Å². The van der Waals surface area contributed by atoms with Crippen LogP contribution in [0.3, 0.4) is 0 Å². The molecule has 3 aromatic rings. The van der Waals surface area contributed by atoms with Crippen molar-refractivity contribution in [1.82, 2.24) is 10.5 Å². The van der Waals surface area contributed by atoms with Crippen molar-refractivity contribution in [3.63, 3.8) is 0 Å². The van der Waals surface area contributed by atoms with Gasteiger partial charge in [0.25, 0.3) is 5.91 Å². The molecule has 12 heteroatoms. The van der Waals surface area contributed by atoms with E-state index in [1.54, 1.807) is 6.92 Å². The number of hydrogen-bond donors (Lipinski definition) is 2. The minimum absolute atomic E-state index is 0.0184. The third-order valence-corrected chi connectivity index (χ3v) is 6.77. The molecule has 2 heterocycles. The molecule has 0 radical (unpaired) electrons. The SMILES string of the molecule is Cc1nocc1C(=O)N[C@H](C(=O)Nc1ccc(-c2cc(Cl)c[n+]([O-])c2C)c(F)c1)C1CCC(F)(F)CC1. The zero-order valence-electron chi connectivity index (χ0n) is 20.0. The van der Waals surface area contributed by atoms with Gasteiger partial charge in [0.15, 0.2) is 11.9 Å². The number of pyridine rings is 1. The van der Waals surface area contributed by atoms with Crippen LogP contribution in [0.5, 0.6) is 0 Å². The lowest BCUT2D eigenvalue weighted by molar-refractivity contribution is -0.611. The van der Waals surface area contributed by atoms with E-state index in [9.17, 15) is 23.6 Å². The molecule has 0 saturated heterocycles. The third kappa shape index (κ3) is 5.87. The first-order valence-corrected chi connectivity index (χ1v) is 11.9. The number of rotatable bonds is 6. The van der Waals surface area contributed by atoms with E-state index in [-0.39, 0.29) is 45.9 Å². The number of amides is 2. The fraction of sp³-hybridized carbons (Fsp3) is 0.360. The van der Waals surface area contributed by atoms with Crippen LogP contribution in [-0.2, 0) is 4.79 Å². The topological polar surface area (TPSA) is 111 Å². The Morgan fingerprint density at radius 2 is 1.92 bits per heavy atom. The lowest BCUT2D eigenvalue weighted by atomic mass is 9.81. The summed E-state index contributed by atoms with van der Waals surface area (Å²) in [6, 6.07) is 4.19. The Kier molecular flexibility index (Phi) is 7.44. The summed E-state index contributed by atoms with van der Waals surface area (Å²) < 4.78 is 47.8. The van der Waals surface area contributed by atoms with Crippen molar-refractivity contribution in [2.75, 3.05) is 5.32 Å². The number of benzene rings is 1. The number of anilines is 1. The van der Waals surface area contributed by atoms with Crippen molar-refractivity contribution in [2.24, 2.45) is 5.92 Å². The lowest BCUT2D eigenvalue weighted by Gasteiger charge is -2.33. The molecule has 4 rings (SSSR count). The zero-order chi connectivity index (χ0) is 26.9. The number of carbonyl (C=O) groups is 2. The van der Waals surface area contributed by atoms with Gasteiger partial charge in [-0.25, -0.2) is 13.2 Å². The monoisotopic (exact) mass is 536 g/mol. The second kappa shape index (κ2) is 10.4. The van der Waals surface area contributed by atoms with Crippen molar-refractivity contribution in [2.45, 2.75) is 51.5 Å². The smallest absolute Gasteiger partial charge is 0.257 e. The molecule has 196 valence electrons. The first kappa shape index (κ1) is 26.5. The Balaban J connectivity index is 1.57. The summed E-state index contributed by atoms with van der Waals surface area (Å²) in [6.45, 7) is 3.07. The first-order valence-electron chi connectivity index (χ1n) is 11.5. The molecule has 1 aliphatic carbocycles. The van der Waals surface area contributed by atoms with Crippen LogP contribution in [-0.4, -0.2) is 28.9 Å². The summed E-state index contributed by atoms with van der Waals surface area (Å²) in [4.78, 5) is 26.0. The quantitative estimate of drug-likeness (QED) is 0.342. The van der Waals surface area contributed by atoms with Gasteiger partial charge >= 0.3 is 0 Å². The van der Waals surface area contributed by atoms with Gasteiger partial charge in [0.2, 0.25) is 11.8 Å². The summed E-state index contributed by atoms with van der Waals surface area (Å²) in [6.07, 6.45) is 1.50. The molecule has 1 fully saturated rings. The van der Waals surface area contributed by atoms with E-state index in [1.165, 1.54) is 25.1 Å². The van der Waals surface area contributed by atoms with Gasteiger partial charge in [0.1, 0.15) is 28.7 Å². The molecule has 1 aromatic carbocycles. The number of hydrogen-bond acceptors (Lipinski definition) is 5. The molecule has 8 nitrogen and oxygen atoms in total. The summed E-state index contributed by atoms with van der Waals surface area (Å²) >= 11 is 5.95. The predicted octanol–water partition coefficient (Wildman–Crippen LogP) is 4.95. The van der Waals surface area contributed by atoms with Crippen LogP contribution in [0.4, 0.5) is 18.9 Å². The summed E-state index contributed by atoms with van der Waals surface area (Å²) in [5.74, 6) is -5.43.